The van der Waals surface area contributed by atoms with E-state index in [1.807, 2.05) is 0 Å². The topological polar surface area (TPSA) is 145 Å². The third-order valence-electron chi connectivity index (χ3n) is 6.08. The predicted octanol–water partition coefficient (Wildman–Crippen LogP) is 4.23. The first-order valence-electron chi connectivity index (χ1n) is 13.1. The van der Waals surface area contributed by atoms with Gasteiger partial charge in [-0.3, -0.25) is 9.98 Å². The second-order valence-electron chi connectivity index (χ2n) is 9.51. The maximum Gasteiger partial charge on any atom is 2.00 e. The van der Waals surface area contributed by atoms with E-state index >= 15 is 0 Å². The van der Waals surface area contributed by atoms with Crippen molar-refractivity contribution < 1.29 is 73.1 Å². The smallest absolute Gasteiger partial charge is 0.550 e. The van der Waals surface area contributed by atoms with Gasteiger partial charge in [-0.15, -0.1) is 0 Å². The summed E-state index contributed by atoms with van der Waals surface area (Å²) in [5.74, 6) is -2.66. The summed E-state index contributed by atoms with van der Waals surface area (Å²) < 4.78 is 79.1. The van der Waals surface area contributed by atoms with Gasteiger partial charge in [0.05, 0.1) is 23.2 Å². The number of carbonyl (C=O) groups excluding carboxylic acids is 2. The summed E-state index contributed by atoms with van der Waals surface area (Å²) in [5, 5.41) is 38.3. The van der Waals surface area contributed by atoms with E-state index in [0.717, 1.165) is 38.1 Å². The van der Waals surface area contributed by atoms with Crippen LogP contribution in [0.15, 0.2) is 34.3 Å². The van der Waals surface area contributed by atoms with Gasteiger partial charge in [0.25, 0.3) is 0 Å². The Labute approximate surface area is 260 Å². The van der Waals surface area contributed by atoms with E-state index < -0.39 is 35.4 Å². The molecule has 1 radical (unpaired) electrons. The summed E-state index contributed by atoms with van der Waals surface area (Å²) in [6.45, 7) is 5.22. The molecule has 2 aromatic carbocycles. The molecule has 0 bridgehead atoms. The number of hydrogen-bond donors (Lipinski definition) is 2. The number of carboxylic acid groups (broad SMARTS) is 2. The van der Waals surface area contributed by atoms with Crippen molar-refractivity contribution in [1.29, 1.82) is 0 Å². The molecule has 2 aromatic rings. The second-order valence-corrected chi connectivity index (χ2v) is 9.51. The molecule has 8 nitrogen and oxygen atoms in total. The van der Waals surface area contributed by atoms with E-state index in [2.05, 4.69) is 9.98 Å². The van der Waals surface area contributed by atoms with Crippen LogP contribution < -0.4 is 10.2 Å². The number of phenols is 2. The molecule has 0 heterocycles. The van der Waals surface area contributed by atoms with Crippen LogP contribution in [-0.4, -0.2) is 46.7 Å². The molecule has 1 saturated carbocycles. The second kappa shape index (κ2) is 17.6. The Morgan fingerprint density at radius 1 is 0.773 bits per heavy atom. The molecule has 3 rings (SSSR count). The van der Waals surface area contributed by atoms with E-state index in [9.17, 15) is 36.6 Å². The van der Waals surface area contributed by atoms with E-state index in [-0.39, 0.29) is 75.5 Å². The number of rotatable bonds is 6. The Morgan fingerprint density at radius 2 is 1.07 bits per heavy atom. The molecule has 0 aromatic heterocycles. The monoisotopic (exact) mass is 677 g/mol. The summed E-state index contributed by atoms with van der Waals surface area (Å²) in [5.41, 5.74) is -1.44. The van der Waals surface area contributed by atoms with Crippen LogP contribution in [0.1, 0.15) is 80.3 Å². The van der Waals surface area contributed by atoms with Gasteiger partial charge in [-0.1, -0.05) is 13.8 Å². The molecule has 0 saturated heterocycles. The molecular weight excluding hydrogens is 645 g/mol. The van der Waals surface area contributed by atoms with Gasteiger partial charge in [-0.05, 0) is 81.3 Å². The van der Waals surface area contributed by atoms with Crippen LogP contribution in [0.2, 0.25) is 0 Å². The van der Waals surface area contributed by atoms with Crippen LogP contribution in [0.4, 0.5) is 26.3 Å². The number of aliphatic carboxylic acids is 2. The molecule has 2 atom stereocenters. The van der Waals surface area contributed by atoms with Crippen molar-refractivity contribution in [3.63, 3.8) is 0 Å². The number of carboxylic acids is 2. The maximum atomic E-state index is 13.2. The summed E-state index contributed by atoms with van der Waals surface area (Å²) in [4.78, 5) is 26.4. The SMILES string of the molecule is CC(=O)[O-].CC(=O)[O-].CCc1cc(C(F)(F)F)cc(C=NC2CCC(N=Cc3cc(C(F)(F)F)cc(CC)c3O)C2)c1O.[Co+2]. The zero-order valence-electron chi connectivity index (χ0n) is 24.2. The molecule has 15 heteroatoms. The Kier molecular flexibility index (Phi) is 16.2. The van der Waals surface area contributed by atoms with Crippen molar-refractivity contribution >= 4 is 24.4 Å². The summed E-state index contributed by atoms with van der Waals surface area (Å²) >= 11 is 0. The summed E-state index contributed by atoms with van der Waals surface area (Å²) in [6.07, 6.45) is -4.62. The van der Waals surface area contributed by atoms with Crippen LogP contribution in [0.3, 0.4) is 0 Å². The zero-order chi connectivity index (χ0) is 33.1. The molecular formula is C29H32CoF6N2O6. The van der Waals surface area contributed by atoms with Gasteiger partial charge >= 0.3 is 29.1 Å². The van der Waals surface area contributed by atoms with E-state index in [1.54, 1.807) is 13.8 Å². The van der Waals surface area contributed by atoms with Gasteiger partial charge in [-0.2, -0.15) is 26.3 Å². The van der Waals surface area contributed by atoms with E-state index in [0.29, 0.717) is 19.3 Å². The Morgan fingerprint density at radius 3 is 1.32 bits per heavy atom. The fourth-order valence-corrected chi connectivity index (χ4v) is 4.08. The standard InChI is InChI=1S/C25H26F6N2O2.2C2H4O2.Co/c1-3-14-7-18(24(26,27)28)9-16(22(14)34)12-32-20-5-6-21(11-20)33-13-17-10-19(25(29,30)31)8-15(4-2)23(17)35;2*1-2(3)4;/h7-10,12-13,20-21,34-35H,3-6,11H2,1-2H3;2*1H3,(H,3,4);/q;;;+2/p-2. The molecule has 245 valence electrons. The van der Waals surface area contributed by atoms with Gasteiger partial charge in [0.15, 0.2) is 0 Å². The van der Waals surface area contributed by atoms with Crippen LogP contribution in [0.5, 0.6) is 11.5 Å². The number of alkyl halides is 6. The van der Waals surface area contributed by atoms with Gasteiger partial charge in [0.1, 0.15) is 11.5 Å². The third kappa shape index (κ3) is 13.4. The number of halogens is 6. The Balaban J connectivity index is 0.00000183. The minimum Gasteiger partial charge on any atom is -0.550 e. The molecule has 0 aliphatic heterocycles. The van der Waals surface area contributed by atoms with Crippen LogP contribution in [-0.2, 0) is 51.6 Å². The first kappa shape index (κ1) is 40.4. The number of phenolic OH excluding ortho intramolecular Hbond substituents is 2. The van der Waals surface area contributed by atoms with Crippen molar-refractivity contribution in [2.24, 2.45) is 9.98 Å². The fraction of sp³-hybridized carbons (Fsp3) is 0.448. The fourth-order valence-electron chi connectivity index (χ4n) is 4.08. The van der Waals surface area contributed by atoms with Crippen molar-refractivity contribution in [2.45, 2.75) is 84.2 Å². The Bertz CT molecular complexity index is 1220. The van der Waals surface area contributed by atoms with Gasteiger partial charge < -0.3 is 30.0 Å². The number of hydrogen-bond acceptors (Lipinski definition) is 8. The average molecular weight is 678 g/mol. The molecule has 2 N–H and O–H groups in total. The first-order valence-corrected chi connectivity index (χ1v) is 13.1. The van der Waals surface area contributed by atoms with Crippen LogP contribution in [0, 0.1) is 0 Å². The number of benzene rings is 2. The van der Waals surface area contributed by atoms with E-state index in [4.69, 9.17) is 19.8 Å². The number of carbonyl (C=O) groups is 2. The van der Waals surface area contributed by atoms with E-state index in [1.165, 1.54) is 12.4 Å². The molecule has 0 amide bonds. The van der Waals surface area contributed by atoms with Gasteiger partial charge in [0.2, 0.25) is 0 Å². The molecule has 1 aliphatic carbocycles. The molecule has 0 spiro atoms. The minimum absolute atomic E-state index is 0. The molecule has 2 unspecified atom stereocenters. The normalized spacial score (nSPS) is 16.5. The third-order valence-corrected chi connectivity index (χ3v) is 6.08. The average Bonchev–Trinajstić information content (AvgIpc) is 3.33. The zero-order valence-corrected chi connectivity index (χ0v) is 25.2. The van der Waals surface area contributed by atoms with Crippen LogP contribution >= 0.6 is 0 Å². The molecule has 44 heavy (non-hydrogen) atoms. The number of aryl methyl sites for hydroxylation is 2. The van der Waals surface area contributed by atoms with Gasteiger partial charge in [-0.25, -0.2) is 0 Å². The van der Waals surface area contributed by atoms with Crippen molar-refractivity contribution in [1.82, 2.24) is 0 Å². The minimum atomic E-state index is -4.56. The van der Waals surface area contributed by atoms with Crippen molar-refractivity contribution in [3.8, 4) is 11.5 Å². The summed E-state index contributed by atoms with van der Waals surface area (Å²) in [7, 11) is 0. The predicted molar refractivity (Wildman–Crippen MR) is 143 cm³/mol. The summed E-state index contributed by atoms with van der Waals surface area (Å²) in [6, 6.07) is 3.00. The van der Waals surface area contributed by atoms with Crippen LogP contribution in [0.25, 0.3) is 0 Å². The first-order chi connectivity index (χ1) is 19.8. The quantitative estimate of drug-likeness (QED) is 0.346. The number of aliphatic imine (C=N–C) groups is 2. The Hall–Kier alpha value is -3.59. The van der Waals surface area contributed by atoms with Crippen molar-refractivity contribution in [2.75, 3.05) is 0 Å². The molecule has 1 aliphatic rings. The number of aromatic hydroxyl groups is 2. The van der Waals surface area contributed by atoms with Crippen molar-refractivity contribution in [3.05, 3.63) is 57.6 Å². The number of nitrogens with zero attached hydrogens (tertiary/aromatic N) is 2. The largest absolute Gasteiger partial charge is 2.00 e. The maximum absolute atomic E-state index is 13.2. The van der Waals surface area contributed by atoms with Gasteiger partial charge in [0, 0.05) is 35.5 Å². The molecule has 1 fully saturated rings.